The lowest BCUT2D eigenvalue weighted by Crippen LogP contribution is -2.34. The number of anilines is 1. The number of benzene rings is 2. The Morgan fingerprint density at radius 3 is 2.83 bits per heavy atom. The molecule has 5 nitrogen and oxygen atoms in total. The normalized spacial score (nSPS) is 11.1. The van der Waals surface area contributed by atoms with E-state index < -0.39 is 0 Å². The molecule has 0 unspecified atom stereocenters. The highest BCUT2D eigenvalue weighted by Crippen LogP contribution is 2.30. The van der Waals surface area contributed by atoms with E-state index in [0.717, 1.165) is 16.9 Å². The van der Waals surface area contributed by atoms with Crippen molar-refractivity contribution in [2.75, 3.05) is 17.2 Å². The molecule has 154 valence electrons. The molecule has 0 aliphatic rings. The first-order valence-corrected chi connectivity index (χ1v) is 11.5. The van der Waals surface area contributed by atoms with Gasteiger partial charge < -0.3 is 0 Å². The summed E-state index contributed by atoms with van der Waals surface area (Å²) >= 11 is 3.09. The Balaban J connectivity index is 1.43. The topological polar surface area (TPSA) is 51.0 Å². The van der Waals surface area contributed by atoms with Crippen molar-refractivity contribution in [1.82, 2.24) is 14.8 Å². The summed E-state index contributed by atoms with van der Waals surface area (Å²) in [4.78, 5) is 20.5. The predicted molar refractivity (Wildman–Crippen MR) is 121 cm³/mol. The van der Waals surface area contributed by atoms with Gasteiger partial charge in [-0.3, -0.25) is 14.4 Å². The Kier molecular flexibility index (Phi) is 6.76. The third-order valence-corrected chi connectivity index (χ3v) is 6.67. The fraction of sp³-hybridized carbons (Fsp3) is 0.227. The predicted octanol–water partition coefficient (Wildman–Crippen LogP) is 5.24. The summed E-state index contributed by atoms with van der Waals surface area (Å²) < 4.78 is 16.1. The van der Waals surface area contributed by atoms with Gasteiger partial charge in [0.1, 0.15) is 5.82 Å². The van der Waals surface area contributed by atoms with E-state index in [1.165, 1.54) is 28.4 Å². The molecule has 0 saturated heterocycles. The van der Waals surface area contributed by atoms with Crippen molar-refractivity contribution in [3.63, 3.8) is 0 Å². The number of carbonyl (C=O) groups excluding carboxylic acids is 1. The summed E-state index contributed by atoms with van der Waals surface area (Å²) in [6.45, 7) is 1.04. The van der Waals surface area contributed by atoms with E-state index in [4.69, 9.17) is 0 Å². The maximum absolute atomic E-state index is 13.6. The second kappa shape index (κ2) is 9.86. The van der Waals surface area contributed by atoms with Crippen LogP contribution in [0.5, 0.6) is 0 Å². The highest BCUT2D eigenvalue weighted by atomic mass is 32.2. The number of amides is 1. The number of thioether (sulfide) groups is 1. The highest BCUT2D eigenvalue weighted by molar-refractivity contribution is 7.99. The van der Waals surface area contributed by atoms with Crippen LogP contribution in [-0.4, -0.2) is 33.0 Å². The molecule has 0 aliphatic heterocycles. The standard InChI is InChI=1S/C22H21FN4OS2/c23-17-9-10-19-20(16-17)30-22(25-19)27(14-13-26-12-5-11-24-26)21(28)8-4-15-29-18-6-2-1-3-7-18/h1-3,5-7,9-12,16H,4,8,13-15H2. The second-order valence-corrected chi connectivity index (χ2v) is 8.87. The van der Waals surface area contributed by atoms with Crippen molar-refractivity contribution in [1.29, 1.82) is 0 Å². The molecule has 2 aromatic heterocycles. The zero-order valence-electron chi connectivity index (χ0n) is 16.3. The SMILES string of the molecule is O=C(CCCSc1ccccc1)N(CCn1cccn1)c1nc2ccc(F)cc2s1. The minimum atomic E-state index is -0.301. The van der Waals surface area contributed by atoms with Gasteiger partial charge in [-0.25, -0.2) is 9.37 Å². The summed E-state index contributed by atoms with van der Waals surface area (Å²) in [7, 11) is 0. The van der Waals surface area contributed by atoms with Crippen LogP contribution in [-0.2, 0) is 11.3 Å². The van der Waals surface area contributed by atoms with E-state index in [-0.39, 0.29) is 11.7 Å². The highest BCUT2D eigenvalue weighted by Gasteiger charge is 2.20. The number of hydrogen-bond donors (Lipinski definition) is 0. The molecule has 0 spiro atoms. The Hall–Kier alpha value is -2.71. The molecule has 30 heavy (non-hydrogen) atoms. The van der Waals surface area contributed by atoms with Crippen molar-refractivity contribution >= 4 is 44.4 Å². The van der Waals surface area contributed by atoms with Gasteiger partial charge in [-0.15, -0.1) is 11.8 Å². The maximum atomic E-state index is 13.6. The Labute approximate surface area is 182 Å². The van der Waals surface area contributed by atoms with E-state index in [1.54, 1.807) is 33.6 Å². The fourth-order valence-corrected chi connectivity index (χ4v) is 4.94. The lowest BCUT2D eigenvalue weighted by Gasteiger charge is -2.20. The molecule has 0 N–H and O–H groups in total. The molecule has 0 bridgehead atoms. The third-order valence-electron chi connectivity index (χ3n) is 4.53. The first-order valence-electron chi connectivity index (χ1n) is 9.71. The lowest BCUT2D eigenvalue weighted by molar-refractivity contribution is -0.118. The van der Waals surface area contributed by atoms with Crippen LogP contribution < -0.4 is 4.90 Å². The third kappa shape index (κ3) is 5.25. The molecule has 2 aromatic carbocycles. The van der Waals surface area contributed by atoms with E-state index in [2.05, 4.69) is 22.2 Å². The quantitative estimate of drug-likeness (QED) is 0.264. The summed E-state index contributed by atoms with van der Waals surface area (Å²) in [6, 6.07) is 16.5. The molecule has 0 radical (unpaired) electrons. The smallest absolute Gasteiger partial charge is 0.228 e. The van der Waals surface area contributed by atoms with Crippen molar-refractivity contribution in [2.45, 2.75) is 24.3 Å². The number of hydrogen-bond acceptors (Lipinski definition) is 5. The van der Waals surface area contributed by atoms with E-state index in [9.17, 15) is 9.18 Å². The van der Waals surface area contributed by atoms with Gasteiger partial charge in [-0.1, -0.05) is 29.5 Å². The summed E-state index contributed by atoms with van der Waals surface area (Å²) in [5, 5.41) is 4.81. The zero-order valence-corrected chi connectivity index (χ0v) is 17.9. The van der Waals surface area contributed by atoms with Crippen molar-refractivity contribution in [3.8, 4) is 0 Å². The van der Waals surface area contributed by atoms with Gasteiger partial charge in [-0.05, 0) is 48.6 Å². The van der Waals surface area contributed by atoms with Crippen LogP contribution in [0.2, 0.25) is 0 Å². The van der Waals surface area contributed by atoms with Crippen LogP contribution in [0, 0.1) is 5.82 Å². The van der Waals surface area contributed by atoms with Crippen LogP contribution >= 0.6 is 23.1 Å². The van der Waals surface area contributed by atoms with Crippen LogP contribution in [0.3, 0.4) is 0 Å². The van der Waals surface area contributed by atoms with E-state index in [0.29, 0.717) is 30.2 Å². The molecule has 4 rings (SSSR count). The molecule has 0 atom stereocenters. The number of nitrogens with zero attached hydrogens (tertiary/aromatic N) is 4. The molecule has 0 aliphatic carbocycles. The monoisotopic (exact) mass is 440 g/mol. The first-order chi connectivity index (χ1) is 14.7. The van der Waals surface area contributed by atoms with E-state index in [1.807, 2.05) is 30.5 Å². The average molecular weight is 441 g/mol. The maximum Gasteiger partial charge on any atom is 0.228 e. The van der Waals surface area contributed by atoms with Gasteiger partial charge in [0.15, 0.2) is 5.13 Å². The van der Waals surface area contributed by atoms with E-state index >= 15 is 0 Å². The van der Waals surface area contributed by atoms with Crippen LogP contribution in [0.1, 0.15) is 12.8 Å². The van der Waals surface area contributed by atoms with Crippen molar-refractivity contribution in [2.24, 2.45) is 0 Å². The Bertz CT molecular complexity index is 1100. The first kappa shape index (κ1) is 20.6. The molecule has 0 saturated carbocycles. The van der Waals surface area contributed by atoms with Crippen LogP contribution in [0.25, 0.3) is 10.2 Å². The van der Waals surface area contributed by atoms with Gasteiger partial charge in [-0.2, -0.15) is 5.10 Å². The molecule has 1 amide bonds. The summed E-state index contributed by atoms with van der Waals surface area (Å²) in [6.07, 6.45) is 4.79. The zero-order chi connectivity index (χ0) is 20.8. The minimum absolute atomic E-state index is 0.0235. The molecular weight excluding hydrogens is 419 g/mol. The number of thiazole rings is 1. The molecule has 2 heterocycles. The number of carbonyl (C=O) groups is 1. The number of rotatable bonds is 9. The van der Waals surface area contributed by atoms with Gasteiger partial charge in [0.2, 0.25) is 5.91 Å². The Morgan fingerprint density at radius 2 is 2.03 bits per heavy atom. The van der Waals surface area contributed by atoms with Gasteiger partial charge in [0.05, 0.1) is 16.8 Å². The molecule has 0 fully saturated rings. The minimum Gasteiger partial charge on any atom is -0.286 e. The molecule has 4 aromatic rings. The van der Waals surface area contributed by atoms with Gasteiger partial charge in [0, 0.05) is 30.3 Å². The van der Waals surface area contributed by atoms with Crippen molar-refractivity contribution < 1.29 is 9.18 Å². The van der Waals surface area contributed by atoms with Crippen molar-refractivity contribution in [3.05, 3.63) is 72.8 Å². The summed E-state index contributed by atoms with van der Waals surface area (Å²) in [5.74, 6) is 0.591. The van der Waals surface area contributed by atoms with Crippen LogP contribution in [0.15, 0.2) is 71.9 Å². The molecule has 8 heteroatoms. The summed E-state index contributed by atoms with van der Waals surface area (Å²) in [5.41, 5.74) is 0.702. The van der Waals surface area contributed by atoms with Gasteiger partial charge in [0.25, 0.3) is 0 Å². The van der Waals surface area contributed by atoms with Crippen LogP contribution in [0.4, 0.5) is 9.52 Å². The fourth-order valence-electron chi connectivity index (χ4n) is 3.03. The Morgan fingerprint density at radius 1 is 1.17 bits per heavy atom. The average Bonchev–Trinajstić information content (AvgIpc) is 3.41. The number of halogens is 1. The second-order valence-electron chi connectivity index (χ2n) is 6.69. The van der Waals surface area contributed by atoms with Gasteiger partial charge >= 0.3 is 0 Å². The lowest BCUT2D eigenvalue weighted by atomic mass is 10.3. The largest absolute Gasteiger partial charge is 0.286 e. The number of fused-ring (bicyclic) bond motifs is 1. The number of aromatic nitrogens is 3. The molecular formula is C22H21FN4OS2.